The first-order valence-corrected chi connectivity index (χ1v) is 6.67. The summed E-state index contributed by atoms with van der Waals surface area (Å²) < 4.78 is 13.7. The molecule has 1 aromatic rings. The van der Waals surface area contributed by atoms with Crippen molar-refractivity contribution >= 4 is 11.8 Å². The van der Waals surface area contributed by atoms with Crippen LogP contribution in [0.15, 0.2) is 23.1 Å². The Labute approximate surface area is 102 Å². The smallest absolute Gasteiger partial charge is 0.137 e. The van der Waals surface area contributed by atoms with Crippen molar-refractivity contribution in [2.24, 2.45) is 11.7 Å². The average Bonchev–Trinajstić information content (AvgIpc) is 2.19. The standard InChI is InChI=1S/C13H20FNS/c1-9(2)7-8-16-13-11(10(3)15)5-4-6-12(13)14/h4-6,9-10H,7-8,15H2,1-3H3. The highest BCUT2D eigenvalue weighted by molar-refractivity contribution is 7.99. The SMILES string of the molecule is CC(C)CCSc1c(F)cccc1C(C)N. The molecule has 0 saturated heterocycles. The summed E-state index contributed by atoms with van der Waals surface area (Å²) in [5, 5.41) is 0. The van der Waals surface area contributed by atoms with Crippen molar-refractivity contribution in [2.75, 3.05) is 5.75 Å². The van der Waals surface area contributed by atoms with E-state index in [0.29, 0.717) is 5.92 Å². The van der Waals surface area contributed by atoms with Gasteiger partial charge >= 0.3 is 0 Å². The molecule has 1 rings (SSSR count). The normalized spacial score (nSPS) is 13.1. The molecule has 0 aliphatic heterocycles. The lowest BCUT2D eigenvalue weighted by molar-refractivity contribution is 0.590. The Morgan fingerprint density at radius 1 is 1.31 bits per heavy atom. The highest BCUT2D eigenvalue weighted by Gasteiger charge is 2.11. The van der Waals surface area contributed by atoms with Crippen LogP contribution in [0.25, 0.3) is 0 Å². The first kappa shape index (κ1) is 13.5. The summed E-state index contributed by atoms with van der Waals surface area (Å²) in [5.41, 5.74) is 6.75. The van der Waals surface area contributed by atoms with E-state index in [1.807, 2.05) is 13.0 Å². The van der Waals surface area contributed by atoms with Crippen molar-refractivity contribution in [3.63, 3.8) is 0 Å². The number of thioether (sulfide) groups is 1. The van der Waals surface area contributed by atoms with Crippen LogP contribution in [0.2, 0.25) is 0 Å². The second-order valence-corrected chi connectivity index (χ2v) is 5.58. The van der Waals surface area contributed by atoms with Crippen LogP contribution in [0.5, 0.6) is 0 Å². The van der Waals surface area contributed by atoms with Gasteiger partial charge in [-0.3, -0.25) is 0 Å². The van der Waals surface area contributed by atoms with Crippen molar-refractivity contribution < 1.29 is 4.39 Å². The van der Waals surface area contributed by atoms with Crippen LogP contribution in [0.4, 0.5) is 4.39 Å². The van der Waals surface area contributed by atoms with Crippen molar-refractivity contribution in [1.29, 1.82) is 0 Å². The third-order valence-corrected chi connectivity index (χ3v) is 3.59. The van der Waals surface area contributed by atoms with E-state index in [0.717, 1.165) is 22.6 Å². The van der Waals surface area contributed by atoms with Gasteiger partial charge in [-0.05, 0) is 36.6 Å². The Morgan fingerprint density at radius 3 is 2.56 bits per heavy atom. The molecule has 0 aromatic heterocycles. The molecule has 0 fully saturated rings. The lowest BCUT2D eigenvalue weighted by atomic mass is 10.1. The van der Waals surface area contributed by atoms with Gasteiger partial charge in [0.2, 0.25) is 0 Å². The number of halogens is 1. The topological polar surface area (TPSA) is 26.0 Å². The minimum atomic E-state index is -0.149. The fourth-order valence-electron chi connectivity index (χ4n) is 1.43. The van der Waals surface area contributed by atoms with Gasteiger partial charge in [-0.2, -0.15) is 0 Å². The minimum absolute atomic E-state index is 0.114. The van der Waals surface area contributed by atoms with E-state index >= 15 is 0 Å². The molecule has 2 N–H and O–H groups in total. The molecule has 0 amide bonds. The number of hydrogen-bond donors (Lipinski definition) is 1. The number of benzene rings is 1. The lowest BCUT2D eigenvalue weighted by Gasteiger charge is -2.13. The first-order chi connectivity index (χ1) is 7.52. The molecule has 0 bridgehead atoms. The fourth-order valence-corrected chi connectivity index (χ4v) is 2.85. The third-order valence-electron chi connectivity index (χ3n) is 2.43. The van der Waals surface area contributed by atoms with Gasteiger partial charge in [-0.1, -0.05) is 26.0 Å². The minimum Gasteiger partial charge on any atom is -0.324 e. The average molecular weight is 241 g/mol. The molecule has 0 heterocycles. The molecule has 16 heavy (non-hydrogen) atoms. The summed E-state index contributed by atoms with van der Waals surface area (Å²) in [6.45, 7) is 6.24. The van der Waals surface area contributed by atoms with Crippen molar-refractivity contribution in [3.8, 4) is 0 Å². The highest BCUT2D eigenvalue weighted by atomic mass is 32.2. The Morgan fingerprint density at radius 2 is 2.00 bits per heavy atom. The zero-order valence-electron chi connectivity index (χ0n) is 10.2. The second kappa shape index (κ2) is 6.26. The van der Waals surface area contributed by atoms with Crippen molar-refractivity contribution in [1.82, 2.24) is 0 Å². The van der Waals surface area contributed by atoms with Crippen LogP contribution >= 0.6 is 11.8 Å². The zero-order chi connectivity index (χ0) is 12.1. The molecule has 0 aliphatic carbocycles. The summed E-state index contributed by atoms with van der Waals surface area (Å²) in [4.78, 5) is 0.721. The van der Waals surface area contributed by atoms with E-state index < -0.39 is 0 Å². The molecule has 1 nitrogen and oxygen atoms in total. The molecular weight excluding hydrogens is 221 g/mol. The largest absolute Gasteiger partial charge is 0.324 e. The maximum absolute atomic E-state index is 13.7. The summed E-state index contributed by atoms with van der Waals surface area (Å²) in [6, 6.07) is 5.02. The van der Waals surface area contributed by atoms with Gasteiger partial charge in [0.25, 0.3) is 0 Å². The van der Waals surface area contributed by atoms with Crippen LogP contribution in [0.3, 0.4) is 0 Å². The molecule has 0 spiro atoms. The maximum Gasteiger partial charge on any atom is 0.137 e. The molecule has 1 atom stereocenters. The molecule has 0 aliphatic rings. The van der Waals surface area contributed by atoms with E-state index in [9.17, 15) is 4.39 Å². The van der Waals surface area contributed by atoms with Crippen LogP contribution < -0.4 is 5.73 Å². The van der Waals surface area contributed by atoms with Gasteiger partial charge in [0, 0.05) is 10.9 Å². The van der Waals surface area contributed by atoms with E-state index in [2.05, 4.69) is 13.8 Å². The van der Waals surface area contributed by atoms with Gasteiger partial charge in [0.1, 0.15) is 5.82 Å². The molecule has 3 heteroatoms. The Kier molecular flexibility index (Phi) is 5.29. The quantitative estimate of drug-likeness (QED) is 0.789. The number of rotatable bonds is 5. The summed E-state index contributed by atoms with van der Waals surface area (Å²) in [6.07, 6.45) is 1.09. The van der Waals surface area contributed by atoms with Gasteiger partial charge in [0.05, 0.1) is 0 Å². The summed E-state index contributed by atoms with van der Waals surface area (Å²) in [5.74, 6) is 1.44. The van der Waals surface area contributed by atoms with Crippen LogP contribution in [-0.4, -0.2) is 5.75 Å². The molecule has 0 radical (unpaired) electrons. The predicted octanol–water partition coefficient (Wildman–Crippen LogP) is 3.98. The van der Waals surface area contributed by atoms with E-state index in [1.54, 1.807) is 17.8 Å². The van der Waals surface area contributed by atoms with Crippen LogP contribution in [0.1, 0.15) is 38.8 Å². The van der Waals surface area contributed by atoms with Crippen LogP contribution in [-0.2, 0) is 0 Å². The molecule has 1 aromatic carbocycles. The molecule has 1 unspecified atom stereocenters. The lowest BCUT2D eigenvalue weighted by Crippen LogP contribution is -2.07. The van der Waals surface area contributed by atoms with Gasteiger partial charge in [0.15, 0.2) is 0 Å². The van der Waals surface area contributed by atoms with Crippen molar-refractivity contribution in [2.45, 2.75) is 38.1 Å². The van der Waals surface area contributed by atoms with Gasteiger partial charge < -0.3 is 5.73 Å². The Hall–Kier alpha value is -0.540. The maximum atomic E-state index is 13.7. The summed E-state index contributed by atoms with van der Waals surface area (Å²) in [7, 11) is 0. The van der Waals surface area contributed by atoms with E-state index in [4.69, 9.17) is 5.73 Å². The predicted molar refractivity (Wildman–Crippen MR) is 69.2 cm³/mol. The van der Waals surface area contributed by atoms with Gasteiger partial charge in [-0.25, -0.2) is 4.39 Å². The third kappa shape index (κ3) is 3.80. The fraction of sp³-hybridized carbons (Fsp3) is 0.538. The number of nitrogens with two attached hydrogens (primary N) is 1. The Balaban J connectivity index is 2.76. The van der Waals surface area contributed by atoms with E-state index in [1.165, 1.54) is 6.07 Å². The highest BCUT2D eigenvalue weighted by Crippen LogP contribution is 2.30. The van der Waals surface area contributed by atoms with Crippen molar-refractivity contribution in [3.05, 3.63) is 29.6 Å². The second-order valence-electron chi connectivity index (χ2n) is 4.48. The van der Waals surface area contributed by atoms with Gasteiger partial charge in [-0.15, -0.1) is 11.8 Å². The first-order valence-electron chi connectivity index (χ1n) is 5.69. The molecule has 90 valence electrons. The summed E-state index contributed by atoms with van der Waals surface area (Å²) >= 11 is 1.58. The molecule has 0 saturated carbocycles. The number of hydrogen-bond acceptors (Lipinski definition) is 2. The Bertz CT molecular complexity index is 337. The molecular formula is C13H20FNS. The van der Waals surface area contributed by atoms with Crippen LogP contribution in [0, 0.1) is 11.7 Å². The zero-order valence-corrected chi connectivity index (χ0v) is 11.0. The monoisotopic (exact) mass is 241 g/mol. The van der Waals surface area contributed by atoms with E-state index in [-0.39, 0.29) is 11.9 Å².